The molecule has 1 aromatic carbocycles. The van der Waals surface area contributed by atoms with Crippen molar-refractivity contribution in [3.05, 3.63) is 24.3 Å². The molecule has 0 saturated carbocycles. The van der Waals surface area contributed by atoms with Crippen LogP contribution in [0.25, 0.3) is 0 Å². The van der Waals surface area contributed by atoms with Gasteiger partial charge in [-0.15, -0.1) is 11.8 Å². The van der Waals surface area contributed by atoms with E-state index >= 15 is 0 Å². The molecule has 10 heteroatoms. The van der Waals surface area contributed by atoms with E-state index in [2.05, 4.69) is 0 Å². The van der Waals surface area contributed by atoms with E-state index in [0.717, 1.165) is 5.75 Å². The van der Waals surface area contributed by atoms with Crippen molar-refractivity contribution in [2.24, 2.45) is 0 Å². The van der Waals surface area contributed by atoms with Gasteiger partial charge in [0.05, 0.1) is 7.11 Å². The van der Waals surface area contributed by atoms with Crippen molar-refractivity contribution in [3.63, 3.8) is 0 Å². The van der Waals surface area contributed by atoms with E-state index in [1.54, 1.807) is 37.6 Å². The summed E-state index contributed by atoms with van der Waals surface area (Å²) in [6, 6.07) is 7.38. The molecule has 0 aliphatic carbocycles. The first-order valence-corrected chi connectivity index (χ1v) is 12.4. The van der Waals surface area contributed by atoms with Crippen LogP contribution in [0, 0.1) is 0 Å². The molecule has 0 N–H and O–H groups in total. The summed E-state index contributed by atoms with van der Waals surface area (Å²) >= 11 is 1.64. The van der Waals surface area contributed by atoms with Crippen LogP contribution in [-0.4, -0.2) is 84.2 Å². The zero-order valence-electron chi connectivity index (χ0n) is 18.0. The predicted molar refractivity (Wildman–Crippen MR) is 117 cm³/mol. The second-order valence-corrected chi connectivity index (χ2v) is 9.10. The number of benzene rings is 1. The fourth-order valence-electron chi connectivity index (χ4n) is 3.05. The molecule has 0 spiro atoms. The van der Waals surface area contributed by atoms with Crippen LogP contribution in [0.15, 0.2) is 24.3 Å². The quantitative estimate of drug-likeness (QED) is 0.413. The first-order chi connectivity index (χ1) is 14.5. The average molecular weight is 462 g/mol. The molecular formula is C20H31NO7S2. The molecule has 170 valence electrons. The number of para-hydroxylation sites is 2. The molecule has 0 aromatic heterocycles. The van der Waals surface area contributed by atoms with Gasteiger partial charge in [0.15, 0.2) is 11.5 Å². The minimum Gasteiger partial charge on any atom is -0.493 e. The summed E-state index contributed by atoms with van der Waals surface area (Å²) in [5.74, 6) is 0.310. The SMILES string of the molecule is CCOC(CS(=O)CC(=O)N1CCS[C@H]1COc1ccccc1OC)(OC)OCC. The highest BCUT2D eigenvalue weighted by Crippen LogP contribution is 2.29. The number of ether oxygens (including phenoxy) is 5. The summed E-state index contributed by atoms with van der Waals surface area (Å²) in [5, 5.41) is -0.148. The molecule has 1 unspecified atom stereocenters. The highest BCUT2D eigenvalue weighted by molar-refractivity contribution is 8.00. The van der Waals surface area contributed by atoms with Crippen molar-refractivity contribution >= 4 is 28.5 Å². The minimum absolute atomic E-state index is 0.0414. The number of hydrogen-bond acceptors (Lipinski definition) is 8. The van der Waals surface area contributed by atoms with Gasteiger partial charge in [0.2, 0.25) is 5.91 Å². The van der Waals surface area contributed by atoms with Gasteiger partial charge < -0.3 is 28.6 Å². The van der Waals surface area contributed by atoms with E-state index < -0.39 is 16.8 Å². The molecule has 0 radical (unpaired) electrons. The molecule has 30 heavy (non-hydrogen) atoms. The van der Waals surface area contributed by atoms with Gasteiger partial charge >= 0.3 is 0 Å². The fraction of sp³-hybridized carbons (Fsp3) is 0.650. The van der Waals surface area contributed by atoms with E-state index in [1.165, 1.54) is 7.11 Å². The van der Waals surface area contributed by atoms with Gasteiger partial charge in [-0.3, -0.25) is 9.00 Å². The van der Waals surface area contributed by atoms with Gasteiger partial charge in [-0.05, 0) is 26.0 Å². The Labute approximate surface area is 185 Å². The van der Waals surface area contributed by atoms with E-state index in [0.29, 0.717) is 37.9 Å². The Bertz CT molecular complexity index is 697. The Balaban J connectivity index is 1.94. The van der Waals surface area contributed by atoms with Crippen molar-refractivity contribution in [3.8, 4) is 11.5 Å². The van der Waals surface area contributed by atoms with Crippen LogP contribution in [0.1, 0.15) is 13.8 Å². The van der Waals surface area contributed by atoms with Gasteiger partial charge in [0.1, 0.15) is 23.5 Å². The van der Waals surface area contributed by atoms with Crippen LogP contribution < -0.4 is 9.47 Å². The van der Waals surface area contributed by atoms with Crippen molar-refractivity contribution in [1.29, 1.82) is 0 Å². The number of rotatable bonds is 13. The molecule has 1 aliphatic heterocycles. The van der Waals surface area contributed by atoms with Crippen LogP contribution in [0.4, 0.5) is 0 Å². The molecule has 1 heterocycles. The van der Waals surface area contributed by atoms with E-state index in [1.807, 2.05) is 24.3 Å². The first-order valence-electron chi connectivity index (χ1n) is 9.83. The molecule has 1 aromatic rings. The maximum atomic E-state index is 12.8. The molecule has 8 nitrogen and oxygen atoms in total. The summed E-state index contributed by atoms with van der Waals surface area (Å²) in [6.07, 6.45) is 0. The van der Waals surface area contributed by atoms with Crippen molar-refractivity contribution in [1.82, 2.24) is 4.90 Å². The fourth-order valence-corrected chi connectivity index (χ4v) is 5.42. The molecule has 1 saturated heterocycles. The number of hydrogen-bond donors (Lipinski definition) is 0. The Morgan fingerprint density at radius 3 is 2.47 bits per heavy atom. The second-order valence-electron chi connectivity index (χ2n) is 6.36. The number of methoxy groups -OCH3 is 2. The summed E-state index contributed by atoms with van der Waals surface area (Å²) in [7, 11) is 1.51. The van der Waals surface area contributed by atoms with Crippen LogP contribution in [0.5, 0.6) is 11.5 Å². The van der Waals surface area contributed by atoms with Crippen molar-refractivity contribution in [2.45, 2.75) is 25.2 Å². The normalized spacial score (nSPS) is 17.7. The third-order valence-electron chi connectivity index (χ3n) is 4.42. The van der Waals surface area contributed by atoms with Gasteiger partial charge in [-0.1, -0.05) is 12.1 Å². The summed E-state index contributed by atoms with van der Waals surface area (Å²) in [4.78, 5) is 14.5. The van der Waals surface area contributed by atoms with Crippen molar-refractivity contribution < 1.29 is 32.7 Å². The lowest BCUT2D eigenvalue weighted by molar-refractivity contribution is -0.354. The molecular weight excluding hydrogens is 430 g/mol. The summed E-state index contributed by atoms with van der Waals surface area (Å²) < 4.78 is 40.2. The Kier molecular flexibility index (Phi) is 10.4. The number of carbonyl (C=O) groups excluding carboxylic acids is 1. The van der Waals surface area contributed by atoms with E-state index in [9.17, 15) is 9.00 Å². The Morgan fingerprint density at radius 1 is 1.20 bits per heavy atom. The molecule has 1 amide bonds. The number of thioether (sulfide) groups is 1. The number of carbonyl (C=O) groups is 1. The number of amides is 1. The van der Waals surface area contributed by atoms with Gasteiger partial charge in [0, 0.05) is 43.4 Å². The first kappa shape index (κ1) is 24.9. The molecule has 0 bridgehead atoms. The Hall–Kier alpha value is -1.33. The molecule has 2 atom stereocenters. The van der Waals surface area contributed by atoms with E-state index in [-0.39, 0.29) is 22.8 Å². The van der Waals surface area contributed by atoms with Crippen LogP contribution in [0.2, 0.25) is 0 Å². The maximum Gasteiger partial charge on any atom is 0.294 e. The summed E-state index contributed by atoms with van der Waals surface area (Å²) in [5.41, 5.74) is 0. The zero-order chi connectivity index (χ0) is 22.0. The zero-order valence-corrected chi connectivity index (χ0v) is 19.6. The third-order valence-corrected chi connectivity index (χ3v) is 6.86. The third kappa shape index (κ3) is 6.84. The average Bonchev–Trinajstić information content (AvgIpc) is 3.21. The van der Waals surface area contributed by atoms with Gasteiger partial charge in [0.25, 0.3) is 5.97 Å². The lowest BCUT2D eigenvalue weighted by Crippen LogP contribution is -2.46. The highest BCUT2D eigenvalue weighted by Gasteiger charge is 2.36. The van der Waals surface area contributed by atoms with Gasteiger partial charge in [-0.25, -0.2) is 0 Å². The topological polar surface area (TPSA) is 83.5 Å². The summed E-state index contributed by atoms with van der Waals surface area (Å²) in [6.45, 7) is 5.19. The molecule has 1 fully saturated rings. The molecule has 2 rings (SSSR count). The highest BCUT2D eigenvalue weighted by atomic mass is 32.2. The number of nitrogens with zero attached hydrogens (tertiary/aromatic N) is 1. The smallest absolute Gasteiger partial charge is 0.294 e. The lowest BCUT2D eigenvalue weighted by atomic mass is 10.3. The monoisotopic (exact) mass is 461 g/mol. The lowest BCUT2D eigenvalue weighted by Gasteiger charge is -2.31. The second kappa shape index (κ2) is 12.5. The van der Waals surface area contributed by atoms with Crippen LogP contribution in [-0.2, 0) is 29.8 Å². The maximum absolute atomic E-state index is 12.8. The van der Waals surface area contributed by atoms with Crippen molar-refractivity contribution in [2.75, 3.05) is 57.8 Å². The molecule has 1 aliphatic rings. The largest absolute Gasteiger partial charge is 0.493 e. The van der Waals surface area contributed by atoms with E-state index in [4.69, 9.17) is 23.7 Å². The minimum atomic E-state index is -1.51. The van der Waals surface area contributed by atoms with Crippen LogP contribution in [0.3, 0.4) is 0 Å². The van der Waals surface area contributed by atoms with Crippen LogP contribution >= 0.6 is 11.8 Å². The standard InChI is InChI=1S/C20H31NO7S2/c1-5-27-20(25-4,28-6-2)15-30(23)14-18(22)21-11-12-29-19(21)13-26-17-10-8-7-9-16(17)24-3/h7-10,19H,5-6,11-15H2,1-4H3/t19-,30?/m0/s1. The predicted octanol–water partition coefficient (Wildman–Crippen LogP) is 2.10. The van der Waals surface area contributed by atoms with Gasteiger partial charge in [-0.2, -0.15) is 0 Å². The Morgan fingerprint density at radius 2 is 1.87 bits per heavy atom.